The van der Waals surface area contributed by atoms with Crippen LogP contribution in [0, 0.1) is 5.82 Å². The smallest absolute Gasteiger partial charge is 0.263 e. The molecule has 0 fully saturated rings. The van der Waals surface area contributed by atoms with E-state index in [0.717, 1.165) is 11.7 Å². The van der Waals surface area contributed by atoms with Crippen LogP contribution in [-0.4, -0.2) is 32.1 Å². The number of hydrogen-bond donors (Lipinski definition) is 2. The van der Waals surface area contributed by atoms with E-state index in [4.69, 9.17) is 9.15 Å². The van der Waals surface area contributed by atoms with Crippen molar-refractivity contribution < 1.29 is 23.5 Å². The molecule has 4 aromatic heterocycles. The van der Waals surface area contributed by atoms with E-state index in [1.807, 2.05) is 28.8 Å². The number of hydrogen-bond acceptors (Lipinski definition) is 7. The SMILES string of the molecule is O=C(COc1ccc2oc(-c3cc4cccn4cn3)c/c(=N\O)c2c1)Nc1ccc(F)cn1. The first-order chi connectivity index (χ1) is 16.1. The van der Waals surface area contributed by atoms with Crippen molar-refractivity contribution in [3.8, 4) is 17.2 Å². The molecule has 0 aliphatic rings. The number of fused-ring (bicyclic) bond motifs is 2. The largest absolute Gasteiger partial charge is 0.484 e. The van der Waals surface area contributed by atoms with Crippen molar-refractivity contribution in [3.63, 3.8) is 0 Å². The number of ether oxygens (including phenoxy) is 1. The highest BCUT2D eigenvalue weighted by atomic mass is 19.1. The average molecular weight is 445 g/mol. The van der Waals surface area contributed by atoms with Crippen LogP contribution in [0.25, 0.3) is 27.9 Å². The van der Waals surface area contributed by atoms with E-state index in [0.29, 0.717) is 28.2 Å². The summed E-state index contributed by atoms with van der Waals surface area (Å²) in [4.78, 5) is 20.2. The zero-order chi connectivity index (χ0) is 22.8. The van der Waals surface area contributed by atoms with E-state index >= 15 is 0 Å². The lowest BCUT2D eigenvalue weighted by Crippen LogP contribution is -2.20. The van der Waals surface area contributed by atoms with Crippen molar-refractivity contribution in [2.24, 2.45) is 5.16 Å². The number of carbonyl (C=O) groups excluding carboxylic acids is 1. The number of aromatic nitrogens is 3. The standard InChI is InChI=1S/C23H16FN5O4/c24-14-3-6-22(25-11-14)27-23(30)12-32-16-4-5-20-17(9-16)18(28-31)10-21(33-20)19-8-15-2-1-7-29(15)13-26-19/h1-11,13,31H,12H2,(H,25,27,30)/b28-18+. The number of rotatable bonds is 5. The Bertz CT molecular complexity index is 1540. The third-order valence-electron chi connectivity index (χ3n) is 4.86. The molecule has 2 N–H and O–H groups in total. The summed E-state index contributed by atoms with van der Waals surface area (Å²) in [5, 5.41) is 16.2. The Hall–Kier alpha value is -4.73. The van der Waals surface area contributed by atoms with Crippen LogP contribution in [0.1, 0.15) is 0 Å². The summed E-state index contributed by atoms with van der Waals surface area (Å²) >= 11 is 0. The van der Waals surface area contributed by atoms with E-state index < -0.39 is 11.7 Å². The maximum Gasteiger partial charge on any atom is 0.263 e. The maximum atomic E-state index is 12.9. The van der Waals surface area contributed by atoms with Crippen LogP contribution >= 0.6 is 0 Å². The van der Waals surface area contributed by atoms with Crippen molar-refractivity contribution in [1.29, 1.82) is 0 Å². The second kappa shape index (κ2) is 8.42. The molecule has 0 radical (unpaired) electrons. The van der Waals surface area contributed by atoms with Gasteiger partial charge in [-0.25, -0.2) is 14.4 Å². The Labute approximate surface area is 185 Å². The Morgan fingerprint density at radius 1 is 1.18 bits per heavy atom. The summed E-state index contributed by atoms with van der Waals surface area (Å²) in [6, 6.07) is 14.7. The van der Waals surface area contributed by atoms with Gasteiger partial charge < -0.3 is 24.1 Å². The fourth-order valence-electron chi connectivity index (χ4n) is 3.30. The van der Waals surface area contributed by atoms with Gasteiger partial charge in [-0.1, -0.05) is 5.16 Å². The van der Waals surface area contributed by atoms with Gasteiger partial charge in [0.2, 0.25) is 0 Å². The van der Waals surface area contributed by atoms with Crippen LogP contribution in [0.5, 0.6) is 5.75 Å². The van der Waals surface area contributed by atoms with Gasteiger partial charge >= 0.3 is 0 Å². The van der Waals surface area contributed by atoms with E-state index in [1.54, 1.807) is 30.6 Å². The molecule has 1 amide bonds. The molecule has 0 saturated carbocycles. The molecule has 5 rings (SSSR count). The Morgan fingerprint density at radius 3 is 2.91 bits per heavy atom. The molecule has 10 heteroatoms. The highest BCUT2D eigenvalue weighted by molar-refractivity contribution is 5.91. The van der Waals surface area contributed by atoms with Crippen LogP contribution in [0.3, 0.4) is 0 Å². The molecule has 0 aliphatic carbocycles. The van der Waals surface area contributed by atoms with Crippen LogP contribution in [0.4, 0.5) is 10.2 Å². The summed E-state index contributed by atoms with van der Waals surface area (Å²) in [6.07, 6.45) is 4.56. The highest BCUT2D eigenvalue weighted by Gasteiger charge is 2.11. The van der Waals surface area contributed by atoms with Crippen molar-refractivity contribution in [2.45, 2.75) is 0 Å². The van der Waals surface area contributed by atoms with Crippen molar-refractivity contribution in [2.75, 3.05) is 11.9 Å². The molecule has 0 unspecified atom stereocenters. The number of nitrogens with zero attached hydrogens (tertiary/aromatic N) is 4. The third kappa shape index (κ3) is 4.22. The lowest BCUT2D eigenvalue weighted by molar-refractivity contribution is -0.118. The van der Waals surface area contributed by atoms with Gasteiger partial charge in [-0.3, -0.25) is 4.79 Å². The number of carbonyl (C=O) groups is 1. The molecule has 0 aliphatic heterocycles. The van der Waals surface area contributed by atoms with Crippen molar-refractivity contribution >= 4 is 28.2 Å². The van der Waals surface area contributed by atoms with Gasteiger partial charge in [0.1, 0.15) is 34.0 Å². The maximum absolute atomic E-state index is 12.9. The van der Waals surface area contributed by atoms with Crippen LogP contribution in [0.15, 0.2) is 82.9 Å². The van der Waals surface area contributed by atoms with Crippen molar-refractivity contribution in [1.82, 2.24) is 14.4 Å². The molecule has 1 aromatic carbocycles. The van der Waals surface area contributed by atoms with E-state index in [9.17, 15) is 14.4 Å². The fraction of sp³-hybridized carbons (Fsp3) is 0.0435. The topological polar surface area (TPSA) is 114 Å². The second-order valence-electron chi connectivity index (χ2n) is 7.07. The molecular formula is C23H16FN5O4. The van der Waals surface area contributed by atoms with Gasteiger partial charge in [-0.2, -0.15) is 0 Å². The van der Waals surface area contributed by atoms with Gasteiger partial charge in [0, 0.05) is 17.8 Å². The van der Waals surface area contributed by atoms with Gasteiger partial charge in [0.05, 0.1) is 17.9 Å². The Balaban J connectivity index is 1.38. The third-order valence-corrected chi connectivity index (χ3v) is 4.86. The average Bonchev–Trinajstić information content (AvgIpc) is 3.31. The van der Waals surface area contributed by atoms with Gasteiger partial charge in [-0.05, 0) is 48.5 Å². The number of amides is 1. The molecular weight excluding hydrogens is 429 g/mol. The van der Waals surface area contributed by atoms with Gasteiger partial charge in [-0.15, -0.1) is 0 Å². The summed E-state index contributed by atoms with van der Waals surface area (Å²) in [5.74, 6) is 0.0423. The van der Waals surface area contributed by atoms with E-state index in [-0.39, 0.29) is 17.8 Å². The molecule has 0 bridgehead atoms. The summed E-state index contributed by atoms with van der Waals surface area (Å²) < 4.78 is 26.3. The zero-order valence-electron chi connectivity index (χ0n) is 17.0. The predicted molar refractivity (Wildman–Crippen MR) is 116 cm³/mol. The van der Waals surface area contributed by atoms with Gasteiger partial charge in [0.25, 0.3) is 5.91 Å². The number of halogens is 1. The number of nitrogens with one attached hydrogen (secondary N) is 1. The highest BCUT2D eigenvalue weighted by Crippen LogP contribution is 2.24. The molecule has 0 spiro atoms. The normalized spacial score (nSPS) is 11.7. The quantitative estimate of drug-likeness (QED) is 0.316. The van der Waals surface area contributed by atoms with E-state index in [2.05, 4.69) is 20.4 Å². The molecule has 0 atom stereocenters. The van der Waals surface area contributed by atoms with Crippen LogP contribution in [0.2, 0.25) is 0 Å². The number of benzene rings is 1. The Kier molecular flexibility index (Phi) is 5.15. The van der Waals surface area contributed by atoms with E-state index in [1.165, 1.54) is 12.1 Å². The lowest BCUT2D eigenvalue weighted by atomic mass is 10.2. The first-order valence-electron chi connectivity index (χ1n) is 9.82. The predicted octanol–water partition coefficient (Wildman–Crippen LogP) is 3.59. The Morgan fingerprint density at radius 2 is 2.09 bits per heavy atom. The minimum Gasteiger partial charge on any atom is -0.484 e. The molecule has 4 heterocycles. The second-order valence-corrected chi connectivity index (χ2v) is 7.07. The zero-order valence-corrected chi connectivity index (χ0v) is 17.0. The first kappa shape index (κ1) is 20.2. The minimum absolute atomic E-state index is 0.211. The van der Waals surface area contributed by atoms with Crippen LogP contribution < -0.4 is 15.4 Å². The number of anilines is 1. The van der Waals surface area contributed by atoms with Gasteiger partial charge in [0.15, 0.2) is 12.4 Å². The molecule has 164 valence electrons. The first-order valence-corrected chi connectivity index (χ1v) is 9.82. The monoisotopic (exact) mass is 445 g/mol. The summed E-state index contributed by atoms with van der Waals surface area (Å²) in [5.41, 5.74) is 1.97. The molecule has 0 saturated heterocycles. The summed E-state index contributed by atoms with van der Waals surface area (Å²) in [7, 11) is 0. The molecule has 5 aromatic rings. The fourth-order valence-corrected chi connectivity index (χ4v) is 3.30. The lowest BCUT2D eigenvalue weighted by Gasteiger charge is -2.09. The minimum atomic E-state index is -0.500. The molecule has 33 heavy (non-hydrogen) atoms. The molecule has 9 nitrogen and oxygen atoms in total. The summed E-state index contributed by atoms with van der Waals surface area (Å²) in [6.45, 7) is -0.299. The number of pyridine rings is 1. The van der Waals surface area contributed by atoms with Crippen LogP contribution in [-0.2, 0) is 4.79 Å². The van der Waals surface area contributed by atoms with Crippen molar-refractivity contribution in [3.05, 3.63) is 84.5 Å².